The maximum Gasteiger partial charge on any atom is 1.00 e. The van der Waals surface area contributed by atoms with Crippen LogP contribution >= 0.6 is 151 Å². The second kappa shape index (κ2) is 21.8. The Balaban J connectivity index is 0.000000758. The van der Waals surface area contributed by atoms with Crippen LogP contribution < -0.4 is 35.3 Å². The molecule has 0 spiro atoms. The molecule has 4 rings (SSSR count). The van der Waals surface area contributed by atoms with E-state index >= 15 is 0 Å². The second-order valence-corrected chi connectivity index (χ2v) is 13.5. The van der Waals surface area contributed by atoms with Crippen molar-refractivity contribution >= 4 is 168 Å². The fourth-order valence-electron chi connectivity index (χ4n) is 3.36. The van der Waals surface area contributed by atoms with Crippen LogP contribution in [0.5, 0.6) is 0 Å². The standard InChI is InChI=1S/C15H4Cl6N2.C8Cl4N2.C6H4Cl3N.Na.H2O/c1-23-15-13(20)9(5-22)7(12(19)14(15)21)4-8-10(17)2-6(16)3-11(8)18;1-14-8-5(10)3(2-13)4(9)6(11)7(8)12;7-3-1-4(8)6(10)5(9)2-3;;/h2-3H,4H2;;1-2H,10H2;;1H2/q;;;+1;/p-1. The molecule has 0 saturated heterocycles. The zero-order valence-corrected chi connectivity index (χ0v) is 35.6. The average Bonchev–Trinajstić information content (AvgIpc) is 3.00. The molecule has 3 N–H and O–H groups in total. The van der Waals surface area contributed by atoms with E-state index in [-0.39, 0.29) is 99.1 Å². The van der Waals surface area contributed by atoms with Crippen molar-refractivity contribution in [1.29, 1.82) is 10.5 Å². The van der Waals surface area contributed by atoms with Crippen molar-refractivity contribution in [3.63, 3.8) is 0 Å². The summed E-state index contributed by atoms with van der Waals surface area (Å²) in [6, 6.07) is 9.85. The van der Waals surface area contributed by atoms with Gasteiger partial charge in [-0.2, -0.15) is 10.5 Å². The van der Waals surface area contributed by atoms with Crippen LogP contribution in [0.2, 0.25) is 65.3 Å². The zero-order chi connectivity index (χ0) is 35.9. The van der Waals surface area contributed by atoms with E-state index in [0.29, 0.717) is 47.0 Å². The minimum absolute atomic E-state index is 0. The van der Waals surface area contributed by atoms with Crippen molar-refractivity contribution < 1.29 is 35.0 Å². The molecule has 0 aromatic heterocycles. The molecule has 6 nitrogen and oxygen atoms in total. The van der Waals surface area contributed by atoms with Crippen molar-refractivity contribution in [3.8, 4) is 12.1 Å². The summed E-state index contributed by atoms with van der Waals surface area (Å²) in [5, 5.41) is 20.2. The SMILES string of the molecule is Nc1c(Cl)cc(Cl)cc1Cl.[C-]#[N+]c1c(Cl)c(Cl)c(Cc2c(Cl)cc(Cl)cc2Cl)c(C#N)c1Cl.[C-]#[N+]c1c(Cl)c(Cl)c(Cl)c(C#N)c1Cl.[Na+].[OH-]. The molecule has 4 aromatic rings. The van der Waals surface area contributed by atoms with Crippen LogP contribution in [0.3, 0.4) is 0 Å². The van der Waals surface area contributed by atoms with Gasteiger partial charge in [-0.15, -0.1) is 0 Å². The number of anilines is 1. The molecule has 0 unspecified atom stereocenters. The number of rotatable bonds is 2. The van der Waals surface area contributed by atoms with E-state index in [9.17, 15) is 5.26 Å². The minimum Gasteiger partial charge on any atom is -0.870 e. The Hall–Kier alpha value is -0.630. The fraction of sp³-hybridized carbons (Fsp3) is 0.0345. The Morgan fingerprint density at radius 1 is 0.531 bits per heavy atom. The van der Waals surface area contributed by atoms with E-state index in [1.165, 1.54) is 12.1 Å². The second-order valence-electron chi connectivity index (χ2n) is 8.38. The Bertz CT molecular complexity index is 2000. The first kappa shape index (κ1) is 48.4. The summed E-state index contributed by atoms with van der Waals surface area (Å²) in [4.78, 5) is 6.29. The molecule has 0 aliphatic rings. The molecule has 0 saturated carbocycles. The van der Waals surface area contributed by atoms with E-state index in [1.54, 1.807) is 18.2 Å². The van der Waals surface area contributed by atoms with Crippen LogP contribution in [0.25, 0.3) is 9.69 Å². The van der Waals surface area contributed by atoms with Gasteiger partial charge in [0.05, 0.1) is 81.2 Å². The molecule has 4 aromatic carbocycles. The van der Waals surface area contributed by atoms with Crippen LogP contribution in [0, 0.1) is 35.8 Å². The minimum atomic E-state index is -0.0677. The van der Waals surface area contributed by atoms with Gasteiger partial charge in [0.2, 0.25) is 11.4 Å². The number of nitrogens with zero attached hydrogens (tertiary/aromatic N) is 4. The third-order valence-corrected chi connectivity index (χ3v) is 10.3. The molecule has 0 atom stereocenters. The molecule has 0 bridgehead atoms. The third kappa shape index (κ3) is 11.7. The van der Waals surface area contributed by atoms with E-state index in [1.807, 2.05) is 6.07 Å². The molecule has 0 heterocycles. The van der Waals surface area contributed by atoms with Gasteiger partial charge >= 0.3 is 29.6 Å². The topological polar surface area (TPSA) is 112 Å². The quantitative estimate of drug-likeness (QED) is 0.0709. The van der Waals surface area contributed by atoms with Gasteiger partial charge in [-0.25, -0.2) is 9.69 Å². The van der Waals surface area contributed by atoms with Crippen molar-refractivity contribution in [3.05, 3.63) is 135 Å². The summed E-state index contributed by atoms with van der Waals surface area (Å²) in [7, 11) is 0. The molecule has 0 aliphatic carbocycles. The molecule has 0 radical (unpaired) electrons. The first-order chi connectivity index (χ1) is 22.0. The molecule has 0 fully saturated rings. The number of nitriles is 2. The number of nitrogen functional groups attached to an aromatic ring is 1. The number of benzene rings is 4. The summed E-state index contributed by atoms with van der Waals surface area (Å²) >= 11 is 76.3. The first-order valence-electron chi connectivity index (χ1n) is 11.6. The zero-order valence-electron chi connectivity index (χ0n) is 23.7. The van der Waals surface area contributed by atoms with E-state index in [4.69, 9.17) is 175 Å². The maximum atomic E-state index is 9.37. The summed E-state index contributed by atoms with van der Waals surface area (Å²) in [5.41, 5.74) is 6.58. The molecular formula is C29H9Cl13N5NaO. The summed E-state index contributed by atoms with van der Waals surface area (Å²) < 4.78 is 0. The monoisotopic (exact) mass is 921 g/mol. The fourth-order valence-corrected chi connectivity index (χ4v) is 7.04. The van der Waals surface area contributed by atoms with Crippen LogP contribution in [0.4, 0.5) is 17.1 Å². The molecule has 20 heteroatoms. The Morgan fingerprint density at radius 2 is 0.898 bits per heavy atom. The van der Waals surface area contributed by atoms with Crippen LogP contribution in [0.15, 0.2) is 24.3 Å². The summed E-state index contributed by atoms with van der Waals surface area (Å²) in [6.45, 7) is 13.9. The Kier molecular flexibility index (Phi) is 21.5. The third-order valence-electron chi connectivity index (χ3n) is 5.59. The van der Waals surface area contributed by atoms with E-state index < -0.39 is 0 Å². The van der Waals surface area contributed by atoms with Gasteiger partial charge in [-0.05, 0) is 35.4 Å². The van der Waals surface area contributed by atoms with Gasteiger partial charge in [0.25, 0.3) is 0 Å². The summed E-state index contributed by atoms with van der Waals surface area (Å²) in [5.74, 6) is 0. The first-order valence-corrected chi connectivity index (χ1v) is 16.5. The number of halogens is 13. The van der Waals surface area contributed by atoms with E-state index in [0.717, 1.165) is 0 Å². The van der Waals surface area contributed by atoms with Crippen molar-refractivity contribution in [1.82, 2.24) is 0 Å². The Morgan fingerprint density at radius 3 is 1.29 bits per heavy atom. The van der Waals surface area contributed by atoms with Crippen LogP contribution in [-0.4, -0.2) is 5.48 Å². The molecular weight excluding hydrogens is 918 g/mol. The molecule has 49 heavy (non-hydrogen) atoms. The molecule has 248 valence electrons. The van der Waals surface area contributed by atoms with Gasteiger partial charge in [-0.1, -0.05) is 151 Å². The average molecular weight is 927 g/mol. The largest absolute Gasteiger partial charge is 1.00 e. The van der Waals surface area contributed by atoms with Gasteiger partial charge in [-0.3, -0.25) is 0 Å². The van der Waals surface area contributed by atoms with Gasteiger partial charge < -0.3 is 11.2 Å². The van der Waals surface area contributed by atoms with Gasteiger partial charge in [0, 0.05) is 26.5 Å². The number of nitrogens with two attached hydrogens (primary N) is 1. The maximum absolute atomic E-state index is 9.37. The van der Waals surface area contributed by atoms with Gasteiger partial charge in [0.15, 0.2) is 0 Å². The van der Waals surface area contributed by atoms with Crippen LogP contribution in [0.1, 0.15) is 22.3 Å². The van der Waals surface area contributed by atoms with Crippen LogP contribution in [-0.2, 0) is 6.42 Å². The predicted octanol–water partition coefficient (Wildman–Crippen LogP) is 12.4. The molecule has 0 aliphatic heterocycles. The van der Waals surface area contributed by atoms with Crippen molar-refractivity contribution in [2.24, 2.45) is 0 Å². The predicted molar refractivity (Wildman–Crippen MR) is 202 cm³/mol. The number of hydrogen-bond acceptors (Lipinski definition) is 4. The van der Waals surface area contributed by atoms with Crippen molar-refractivity contribution in [2.75, 3.05) is 5.73 Å². The molecule has 0 amide bonds. The Labute approximate surface area is 368 Å². The summed E-state index contributed by atoms with van der Waals surface area (Å²) in [6.07, 6.45) is 0.119. The van der Waals surface area contributed by atoms with Crippen molar-refractivity contribution in [2.45, 2.75) is 6.42 Å². The van der Waals surface area contributed by atoms with Gasteiger partial charge in [0.1, 0.15) is 6.07 Å². The normalized spacial score (nSPS) is 9.49. The smallest absolute Gasteiger partial charge is 0.870 e. The van der Waals surface area contributed by atoms with E-state index in [2.05, 4.69) is 9.69 Å². The number of hydrogen-bond donors (Lipinski definition) is 1.